The molecule has 6 heteroatoms. The molecule has 1 aromatic heterocycles. The summed E-state index contributed by atoms with van der Waals surface area (Å²) < 4.78 is 0. The van der Waals surface area contributed by atoms with Crippen LogP contribution in [0.15, 0.2) is 53.7 Å². The van der Waals surface area contributed by atoms with Gasteiger partial charge in [-0.1, -0.05) is 48.0 Å². The van der Waals surface area contributed by atoms with Gasteiger partial charge in [0.25, 0.3) is 0 Å². The van der Waals surface area contributed by atoms with Crippen molar-refractivity contribution < 1.29 is 0 Å². The van der Waals surface area contributed by atoms with Crippen LogP contribution in [-0.4, -0.2) is 24.5 Å². The maximum Gasteiger partial charge on any atom is 0.191 e. The number of aromatic nitrogens is 1. The van der Waals surface area contributed by atoms with Gasteiger partial charge in [-0.05, 0) is 30.0 Å². The third kappa shape index (κ3) is 4.83. The van der Waals surface area contributed by atoms with Gasteiger partial charge < -0.3 is 10.6 Å². The van der Waals surface area contributed by atoms with Crippen LogP contribution in [0.5, 0.6) is 0 Å². The zero-order valence-electron chi connectivity index (χ0n) is 13.6. The number of hydrogen-bond acceptors (Lipinski definition) is 2. The van der Waals surface area contributed by atoms with Gasteiger partial charge in [0.15, 0.2) is 5.96 Å². The molecule has 1 aliphatic carbocycles. The number of nitrogens with zero attached hydrogens (tertiary/aromatic N) is 2. The number of rotatable bonds is 5. The van der Waals surface area contributed by atoms with E-state index < -0.39 is 0 Å². The molecule has 2 aromatic rings. The number of benzene rings is 1. The molecule has 3 rings (SSSR count). The van der Waals surface area contributed by atoms with Crippen molar-refractivity contribution in [1.29, 1.82) is 0 Å². The molecule has 1 fully saturated rings. The Hall–Kier alpha value is -1.34. The number of aliphatic imine (C=N–C) groups is 1. The van der Waals surface area contributed by atoms with E-state index in [1.807, 2.05) is 6.07 Å². The maximum atomic E-state index is 5.80. The van der Waals surface area contributed by atoms with E-state index in [9.17, 15) is 0 Å². The molecule has 0 atom stereocenters. The molecule has 2 N–H and O–H groups in total. The largest absolute Gasteiger partial charge is 0.356 e. The first kappa shape index (κ1) is 19.0. The second-order valence-electron chi connectivity index (χ2n) is 5.91. The number of halogens is 2. The van der Waals surface area contributed by atoms with Crippen LogP contribution in [0.25, 0.3) is 0 Å². The van der Waals surface area contributed by atoms with Gasteiger partial charge in [0, 0.05) is 31.7 Å². The first-order valence-corrected chi connectivity index (χ1v) is 8.20. The standard InChI is InChI=1S/C18H21ClN4.HI/c1-20-17(22-12-14-7-8-16(19)21-11-14)23-13-18(9-10-18)15-5-3-2-4-6-15;/h2-8,11H,9-10,12-13H2,1H3,(H2,20,22,23);1H. The molecule has 0 bridgehead atoms. The minimum Gasteiger partial charge on any atom is -0.356 e. The van der Waals surface area contributed by atoms with Crippen molar-refractivity contribution >= 4 is 41.5 Å². The van der Waals surface area contributed by atoms with Crippen LogP contribution in [0.4, 0.5) is 0 Å². The highest BCUT2D eigenvalue weighted by Gasteiger charge is 2.43. The SMILES string of the molecule is CN=C(NCc1ccc(Cl)nc1)NCC1(c2ccccc2)CC1.I. The minimum absolute atomic E-state index is 0. The van der Waals surface area contributed by atoms with Crippen LogP contribution in [0.1, 0.15) is 24.0 Å². The lowest BCUT2D eigenvalue weighted by atomic mass is 9.96. The Kier molecular flexibility index (Phi) is 6.86. The number of nitrogens with one attached hydrogen (secondary N) is 2. The number of hydrogen-bond donors (Lipinski definition) is 2. The highest BCUT2D eigenvalue weighted by atomic mass is 127. The van der Waals surface area contributed by atoms with Crippen molar-refractivity contribution in [1.82, 2.24) is 15.6 Å². The fourth-order valence-corrected chi connectivity index (χ4v) is 2.79. The predicted molar refractivity (Wildman–Crippen MR) is 110 cm³/mol. The highest BCUT2D eigenvalue weighted by Crippen LogP contribution is 2.47. The summed E-state index contributed by atoms with van der Waals surface area (Å²) in [6, 6.07) is 14.5. The molecular formula is C18H22ClIN4. The first-order chi connectivity index (χ1) is 11.2. The van der Waals surface area contributed by atoms with Crippen molar-refractivity contribution in [2.24, 2.45) is 4.99 Å². The summed E-state index contributed by atoms with van der Waals surface area (Å²) >= 11 is 5.80. The van der Waals surface area contributed by atoms with E-state index in [0.717, 1.165) is 18.1 Å². The Morgan fingerprint density at radius 2 is 1.92 bits per heavy atom. The Balaban J connectivity index is 0.00000208. The Bertz CT molecular complexity index is 669. The van der Waals surface area contributed by atoms with E-state index in [-0.39, 0.29) is 29.4 Å². The summed E-state index contributed by atoms with van der Waals surface area (Å²) in [6.07, 6.45) is 4.22. The Morgan fingerprint density at radius 3 is 2.50 bits per heavy atom. The van der Waals surface area contributed by atoms with Crippen molar-refractivity contribution in [3.63, 3.8) is 0 Å². The highest BCUT2D eigenvalue weighted by molar-refractivity contribution is 14.0. The lowest BCUT2D eigenvalue weighted by molar-refractivity contribution is 0.645. The van der Waals surface area contributed by atoms with Gasteiger partial charge in [0.1, 0.15) is 5.15 Å². The summed E-state index contributed by atoms with van der Waals surface area (Å²) in [6.45, 7) is 1.57. The van der Waals surface area contributed by atoms with Crippen LogP contribution in [-0.2, 0) is 12.0 Å². The van der Waals surface area contributed by atoms with Crippen molar-refractivity contribution in [2.75, 3.05) is 13.6 Å². The van der Waals surface area contributed by atoms with E-state index in [4.69, 9.17) is 11.6 Å². The molecule has 1 aliphatic rings. The van der Waals surface area contributed by atoms with E-state index >= 15 is 0 Å². The molecule has 0 amide bonds. The zero-order valence-corrected chi connectivity index (χ0v) is 16.7. The third-order valence-electron chi connectivity index (χ3n) is 4.31. The summed E-state index contributed by atoms with van der Waals surface area (Å²) in [5.41, 5.74) is 2.74. The lowest BCUT2D eigenvalue weighted by Gasteiger charge is -2.19. The van der Waals surface area contributed by atoms with Crippen LogP contribution < -0.4 is 10.6 Å². The summed E-state index contributed by atoms with van der Waals surface area (Å²) in [5, 5.41) is 7.27. The molecule has 0 saturated heterocycles. The fourth-order valence-electron chi connectivity index (χ4n) is 2.68. The smallest absolute Gasteiger partial charge is 0.191 e. The molecule has 1 saturated carbocycles. The molecule has 0 unspecified atom stereocenters. The average Bonchev–Trinajstić information content (AvgIpc) is 3.39. The molecular weight excluding hydrogens is 435 g/mol. The molecule has 0 spiro atoms. The third-order valence-corrected chi connectivity index (χ3v) is 4.53. The van der Waals surface area contributed by atoms with Crippen LogP contribution in [0.2, 0.25) is 5.15 Å². The fraction of sp³-hybridized carbons (Fsp3) is 0.333. The quantitative estimate of drug-likeness (QED) is 0.312. The molecule has 1 aromatic carbocycles. The number of pyridine rings is 1. The molecule has 4 nitrogen and oxygen atoms in total. The maximum absolute atomic E-state index is 5.80. The Morgan fingerprint density at radius 1 is 1.17 bits per heavy atom. The molecule has 128 valence electrons. The van der Waals surface area contributed by atoms with Crippen LogP contribution in [0.3, 0.4) is 0 Å². The van der Waals surface area contributed by atoms with Crippen LogP contribution in [0, 0.1) is 0 Å². The van der Waals surface area contributed by atoms with E-state index in [2.05, 4.69) is 50.9 Å². The van der Waals surface area contributed by atoms with Crippen molar-refractivity contribution in [3.8, 4) is 0 Å². The molecule has 0 aliphatic heterocycles. The minimum atomic E-state index is 0. The van der Waals surface area contributed by atoms with Gasteiger partial charge in [-0.2, -0.15) is 0 Å². The molecule has 24 heavy (non-hydrogen) atoms. The lowest BCUT2D eigenvalue weighted by Crippen LogP contribution is -2.40. The Labute approximate surface area is 165 Å². The number of guanidine groups is 1. The zero-order chi connectivity index (χ0) is 16.1. The van der Waals surface area contributed by atoms with E-state index in [0.29, 0.717) is 11.7 Å². The van der Waals surface area contributed by atoms with Crippen LogP contribution >= 0.6 is 35.6 Å². The van der Waals surface area contributed by atoms with Crippen molar-refractivity contribution in [3.05, 3.63) is 64.9 Å². The van der Waals surface area contributed by atoms with Crippen molar-refractivity contribution in [2.45, 2.75) is 24.8 Å². The van der Waals surface area contributed by atoms with Gasteiger partial charge in [0.2, 0.25) is 0 Å². The predicted octanol–water partition coefficient (Wildman–Crippen LogP) is 3.75. The first-order valence-electron chi connectivity index (χ1n) is 7.82. The van der Waals surface area contributed by atoms with E-state index in [1.54, 1.807) is 19.3 Å². The van der Waals surface area contributed by atoms with E-state index in [1.165, 1.54) is 18.4 Å². The second kappa shape index (κ2) is 8.67. The summed E-state index contributed by atoms with van der Waals surface area (Å²) in [5.74, 6) is 0.808. The summed E-state index contributed by atoms with van der Waals surface area (Å²) in [7, 11) is 1.79. The van der Waals surface area contributed by atoms with Gasteiger partial charge in [-0.15, -0.1) is 24.0 Å². The van der Waals surface area contributed by atoms with Gasteiger partial charge in [0.05, 0.1) is 0 Å². The van der Waals surface area contributed by atoms with Gasteiger partial charge >= 0.3 is 0 Å². The molecule has 1 heterocycles. The summed E-state index contributed by atoms with van der Waals surface area (Å²) in [4.78, 5) is 8.38. The monoisotopic (exact) mass is 456 g/mol. The topological polar surface area (TPSA) is 49.3 Å². The normalized spacial score (nSPS) is 15.3. The second-order valence-corrected chi connectivity index (χ2v) is 6.30. The molecule has 0 radical (unpaired) electrons. The van der Waals surface area contributed by atoms with Gasteiger partial charge in [-0.25, -0.2) is 4.98 Å². The average molecular weight is 457 g/mol. The van der Waals surface area contributed by atoms with Gasteiger partial charge in [-0.3, -0.25) is 4.99 Å².